The number of aliphatic hydroxyl groups excluding tert-OH is 1. The molecule has 1 aliphatic rings. The number of nitrogens with one attached hydrogen (secondary N) is 1. The van der Waals surface area contributed by atoms with Gasteiger partial charge in [0.25, 0.3) is 0 Å². The summed E-state index contributed by atoms with van der Waals surface area (Å²) < 4.78 is 2.02. The number of hydrogen-bond donors (Lipinski definition) is 3. The molecule has 1 fully saturated rings. The van der Waals surface area contributed by atoms with E-state index in [4.69, 9.17) is 5.73 Å². The zero-order valence-electron chi connectivity index (χ0n) is 10.9. The van der Waals surface area contributed by atoms with Crippen molar-refractivity contribution in [3.63, 3.8) is 0 Å². The number of aliphatic hydroxyl groups is 1. The molecule has 1 aliphatic carbocycles. The molecule has 2 aromatic rings. The van der Waals surface area contributed by atoms with Crippen LogP contribution >= 0.6 is 0 Å². The Kier molecular flexibility index (Phi) is 3.50. The van der Waals surface area contributed by atoms with E-state index in [1.807, 2.05) is 29.1 Å². The molecule has 0 aliphatic heterocycles. The maximum absolute atomic E-state index is 9.80. The molecule has 19 heavy (non-hydrogen) atoms. The molecule has 0 bridgehead atoms. The SMILES string of the molecule is N[C@H]1CC[C@H](NCc2cccn3ccnc23)CC1O. The van der Waals surface area contributed by atoms with Gasteiger partial charge in [-0.3, -0.25) is 0 Å². The number of nitrogens with zero attached hydrogens (tertiary/aromatic N) is 2. The van der Waals surface area contributed by atoms with E-state index in [1.54, 1.807) is 0 Å². The van der Waals surface area contributed by atoms with Crippen molar-refractivity contribution in [2.45, 2.75) is 44.0 Å². The number of nitrogens with two attached hydrogens (primary N) is 1. The van der Waals surface area contributed by atoms with Crippen LogP contribution in [-0.2, 0) is 6.54 Å². The molecule has 3 atom stereocenters. The van der Waals surface area contributed by atoms with Gasteiger partial charge >= 0.3 is 0 Å². The van der Waals surface area contributed by atoms with Crippen molar-refractivity contribution in [1.29, 1.82) is 0 Å². The first-order chi connectivity index (χ1) is 9.24. The molecule has 4 N–H and O–H groups in total. The molecule has 0 amide bonds. The van der Waals surface area contributed by atoms with Gasteiger partial charge in [0.1, 0.15) is 5.65 Å². The van der Waals surface area contributed by atoms with Gasteiger partial charge in [0.05, 0.1) is 6.10 Å². The molecule has 0 aromatic carbocycles. The predicted octanol–water partition coefficient (Wildman–Crippen LogP) is 0.665. The first-order valence-corrected chi connectivity index (χ1v) is 6.81. The third-order valence-electron chi connectivity index (χ3n) is 3.95. The van der Waals surface area contributed by atoms with Crippen LogP contribution in [0.5, 0.6) is 0 Å². The van der Waals surface area contributed by atoms with E-state index in [2.05, 4.69) is 16.4 Å². The fraction of sp³-hybridized carbons (Fsp3) is 0.500. The Hall–Kier alpha value is -1.43. The maximum Gasteiger partial charge on any atom is 0.141 e. The molecule has 5 heteroatoms. The summed E-state index contributed by atoms with van der Waals surface area (Å²) in [5, 5.41) is 13.3. The highest BCUT2D eigenvalue weighted by atomic mass is 16.3. The zero-order valence-corrected chi connectivity index (χ0v) is 10.9. The fourth-order valence-electron chi connectivity index (χ4n) is 2.76. The topological polar surface area (TPSA) is 75.6 Å². The van der Waals surface area contributed by atoms with Gasteiger partial charge in [-0.25, -0.2) is 4.98 Å². The van der Waals surface area contributed by atoms with Gasteiger partial charge in [0.15, 0.2) is 0 Å². The number of rotatable bonds is 3. The Morgan fingerprint density at radius 2 is 2.32 bits per heavy atom. The standard InChI is InChI=1S/C14H20N4O/c15-12-4-3-11(8-13(12)19)17-9-10-2-1-6-18-7-5-16-14(10)18/h1-2,5-7,11-13,17,19H,3-4,8-9,15H2/t11-,12-,13?/m0/s1. The van der Waals surface area contributed by atoms with Crippen LogP contribution in [0.1, 0.15) is 24.8 Å². The van der Waals surface area contributed by atoms with Gasteiger partial charge in [-0.2, -0.15) is 0 Å². The van der Waals surface area contributed by atoms with E-state index >= 15 is 0 Å². The van der Waals surface area contributed by atoms with Gasteiger partial charge in [-0.1, -0.05) is 6.07 Å². The Morgan fingerprint density at radius 1 is 1.42 bits per heavy atom. The normalized spacial score (nSPS) is 27.8. The minimum absolute atomic E-state index is 0.0613. The van der Waals surface area contributed by atoms with Crippen LogP contribution in [0.25, 0.3) is 5.65 Å². The van der Waals surface area contributed by atoms with Crippen molar-refractivity contribution >= 4 is 5.65 Å². The number of fused-ring (bicyclic) bond motifs is 1. The largest absolute Gasteiger partial charge is 0.391 e. The number of imidazole rings is 1. The van der Waals surface area contributed by atoms with E-state index in [0.717, 1.165) is 31.5 Å². The number of hydrogen-bond acceptors (Lipinski definition) is 4. The highest BCUT2D eigenvalue weighted by Gasteiger charge is 2.26. The maximum atomic E-state index is 9.80. The average molecular weight is 260 g/mol. The van der Waals surface area contributed by atoms with Crippen molar-refractivity contribution in [1.82, 2.24) is 14.7 Å². The summed E-state index contributed by atoms with van der Waals surface area (Å²) >= 11 is 0. The minimum Gasteiger partial charge on any atom is -0.391 e. The molecule has 2 heterocycles. The van der Waals surface area contributed by atoms with Gasteiger partial charge in [0.2, 0.25) is 0 Å². The van der Waals surface area contributed by atoms with Crippen LogP contribution in [0, 0.1) is 0 Å². The van der Waals surface area contributed by atoms with Crippen LogP contribution in [0.15, 0.2) is 30.7 Å². The average Bonchev–Trinajstić information content (AvgIpc) is 2.89. The summed E-state index contributed by atoms with van der Waals surface area (Å²) in [7, 11) is 0. The Balaban J connectivity index is 1.65. The fourth-order valence-corrected chi connectivity index (χ4v) is 2.76. The lowest BCUT2D eigenvalue weighted by atomic mass is 9.89. The number of aromatic nitrogens is 2. The van der Waals surface area contributed by atoms with E-state index in [1.165, 1.54) is 5.56 Å². The second-order valence-corrected chi connectivity index (χ2v) is 5.31. The molecule has 3 rings (SSSR count). The molecule has 0 radical (unpaired) electrons. The van der Waals surface area contributed by atoms with E-state index in [-0.39, 0.29) is 12.1 Å². The van der Waals surface area contributed by atoms with Gasteiger partial charge in [-0.05, 0) is 25.3 Å². The first-order valence-electron chi connectivity index (χ1n) is 6.81. The highest BCUT2D eigenvalue weighted by Crippen LogP contribution is 2.18. The summed E-state index contributed by atoms with van der Waals surface area (Å²) in [6.45, 7) is 0.772. The molecule has 1 unspecified atom stereocenters. The van der Waals surface area contributed by atoms with E-state index < -0.39 is 0 Å². The molecular weight excluding hydrogens is 240 g/mol. The summed E-state index contributed by atoms with van der Waals surface area (Å²) in [4.78, 5) is 4.36. The Morgan fingerprint density at radius 3 is 3.16 bits per heavy atom. The van der Waals surface area contributed by atoms with Crippen molar-refractivity contribution in [3.8, 4) is 0 Å². The summed E-state index contributed by atoms with van der Waals surface area (Å²) in [6.07, 6.45) is 8.01. The molecule has 102 valence electrons. The molecule has 2 aromatic heterocycles. The van der Waals surface area contributed by atoms with Gasteiger partial charge in [-0.15, -0.1) is 0 Å². The van der Waals surface area contributed by atoms with Crippen LogP contribution < -0.4 is 11.1 Å². The molecule has 5 nitrogen and oxygen atoms in total. The van der Waals surface area contributed by atoms with Crippen molar-refractivity contribution in [2.75, 3.05) is 0 Å². The number of pyridine rings is 1. The smallest absolute Gasteiger partial charge is 0.141 e. The quantitative estimate of drug-likeness (QED) is 0.758. The van der Waals surface area contributed by atoms with E-state index in [0.29, 0.717) is 6.04 Å². The molecule has 0 spiro atoms. The summed E-state index contributed by atoms with van der Waals surface area (Å²) in [5.41, 5.74) is 7.98. The lowest BCUT2D eigenvalue weighted by Crippen LogP contribution is -2.46. The summed E-state index contributed by atoms with van der Waals surface area (Å²) in [5.74, 6) is 0. The van der Waals surface area contributed by atoms with Crippen LogP contribution in [-0.4, -0.2) is 32.7 Å². The highest BCUT2D eigenvalue weighted by molar-refractivity contribution is 5.47. The summed E-state index contributed by atoms with van der Waals surface area (Å²) in [6, 6.07) is 4.39. The second-order valence-electron chi connectivity index (χ2n) is 5.31. The van der Waals surface area contributed by atoms with Crippen molar-refractivity contribution in [2.24, 2.45) is 5.73 Å². The van der Waals surface area contributed by atoms with E-state index in [9.17, 15) is 5.11 Å². The lowest BCUT2D eigenvalue weighted by molar-refractivity contribution is 0.0909. The lowest BCUT2D eigenvalue weighted by Gasteiger charge is -2.31. The molecular formula is C14H20N4O. The van der Waals surface area contributed by atoms with Crippen molar-refractivity contribution < 1.29 is 5.11 Å². The predicted molar refractivity (Wildman–Crippen MR) is 73.7 cm³/mol. The van der Waals surface area contributed by atoms with Crippen LogP contribution in [0.2, 0.25) is 0 Å². The zero-order chi connectivity index (χ0) is 13.2. The first kappa shape index (κ1) is 12.6. The third kappa shape index (κ3) is 2.63. The molecule has 1 saturated carbocycles. The monoisotopic (exact) mass is 260 g/mol. The minimum atomic E-state index is -0.381. The Labute approximate surface area is 112 Å². The molecule has 0 saturated heterocycles. The van der Waals surface area contributed by atoms with Gasteiger partial charge in [0, 0.05) is 42.8 Å². The third-order valence-corrected chi connectivity index (χ3v) is 3.95. The van der Waals surface area contributed by atoms with Crippen LogP contribution in [0.3, 0.4) is 0 Å². The van der Waals surface area contributed by atoms with Gasteiger partial charge < -0.3 is 20.6 Å². The van der Waals surface area contributed by atoms with Crippen LogP contribution in [0.4, 0.5) is 0 Å². The Bertz CT molecular complexity index is 553. The van der Waals surface area contributed by atoms with Crippen molar-refractivity contribution in [3.05, 3.63) is 36.3 Å². The second kappa shape index (κ2) is 5.28.